The van der Waals surface area contributed by atoms with Gasteiger partial charge in [0.2, 0.25) is 0 Å². The number of fused-ring (bicyclic) bond motifs is 8. The van der Waals surface area contributed by atoms with Gasteiger partial charge >= 0.3 is 12.5 Å². The highest BCUT2D eigenvalue weighted by Gasteiger charge is 2.46. The number of carbonyl (C=O) groups is 1. The second-order valence-corrected chi connectivity index (χ2v) is 9.58. The van der Waals surface area contributed by atoms with E-state index in [4.69, 9.17) is 4.74 Å². The number of pyridine rings is 1. The number of benzene rings is 1. The van der Waals surface area contributed by atoms with Gasteiger partial charge in [-0.05, 0) is 38.3 Å². The summed E-state index contributed by atoms with van der Waals surface area (Å²) in [4.78, 5) is 24.5. The molecule has 0 aliphatic carbocycles. The first-order valence-corrected chi connectivity index (χ1v) is 11.1. The fourth-order valence-corrected chi connectivity index (χ4v) is 5.69. The van der Waals surface area contributed by atoms with Gasteiger partial charge in [-0.2, -0.15) is 13.9 Å². The van der Waals surface area contributed by atoms with Gasteiger partial charge in [-0.1, -0.05) is 0 Å². The van der Waals surface area contributed by atoms with Gasteiger partial charge in [-0.25, -0.2) is 9.48 Å². The number of carboxylic acids is 1. The molecule has 3 aromatic rings. The van der Waals surface area contributed by atoms with Crippen molar-refractivity contribution in [2.45, 2.75) is 51.2 Å². The standard InChI is InChI=1S/C24H22F2N4O4/c1-24(2)5-3-17-15-7-14(12-9-27-28(10-12)23(25)26)21-13(4-6-34-21)20(15)18-8-19(31)16(22(32)33)11-29(18)30(17)24/h7-11,17,23H,3-6H2,1-2H3,(H,32,33)/t17-/m1/s1. The summed E-state index contributed by atoms with van der Waals surface area (Å²) >= 11 is 0. The fraction of sp³-hybridized carbons (Fsp3) is 0.375. The zero-order chi connectivity index (χ0) is 23.9. The molecule has 6 rings (SSSR count). The van der Waals surface area contributed by atoms with Crippen LogP contribution in [0.2, 0.25) is 0 Å². The summed E-state index contributed by atoms with van der Waals surface area (Å²) < 4.78 is 34.8. The lowest BCUT2D eigenvalue weighted by atomic mass is 9.86. The highest BCUT2D eigenvalue weighted by molar-refractivity contribution is 5.89. The molecule has 1 fully saturated rings. The number of ether oxygens (including phenoxy) is 1. The van der Waals surface area contributed by atoms with Crippen LogP contribution in [0.15, 0.2) is 35.5 Å². The van der Waals surface area contributed by atoms with Crippen molar-refractivity contribution < 1.29 is 23.4 Å². The number of carboxylic acid groups (broad SMARTS) is 1. The van der Waals surface area contributed by atoms with E-state index in [1.54, 1.807) is 0 Å². The highest BCUT2D eigenvalue weighted by Crippen LogP contribution is 2.53. The number of aromatic carboxylic acids is 1. The van der Waals surface area contributed by atoms with Crippen LogP contribution in [0.4, 0.5) is 8.78 Å². The largest absolute Gasteiger partial charge is 0.492 e. The molecular weight excluding hydrogens is 446 g/mol. The van der Waals surface area contributed by atoms with E-state index in [2.05, 4.69) is 24.0 Å². The predicted octanol–water partition coefficient (Wildman–Crippen LogP) is 3.97. The van der Waals surface area contributed by atoms with Crippen LogP contribution in [0.5, 0.6) is 5.75 Å². The lowest BCUT2D eigenvalue weighted by molar-refractivity contribution is 0.0566. The monoisotopic (exact) mass is 468 g/mol. The molecule has 8 nitrogen and oxygen atoms in total. The van der Waals surface area contributed by atoms with Gasteiger partial charge in [0.05, 0.1) is 30.1 Å². The molecule has 3 aliphatic heterocycles. The van der Waals surface area contributed by atoms with Crippen LogP contribution in [0.3, 0.4) is 0 Å². The lowest BCUT2D eigenvalue weighted by Gasteiger charge is -2.45. The summed E-state index contributed by atoms with van der Waals surface area (Å²) in [5.74, 6) is -0.667. The Balaban J connectivity index is 1.66. The number of halogens is 2. The zero-order valence-corrected chi connectivity index (χ0v) is 18.6. The van der Waals surface area contributed by atoms with Crippen molar-refractivity contribution >= 4 is 5.97 Å². The molecule has 1 aromatic carbocycles. The van der Waals surface area contributed by atoms with Crippen LogP contribution in [-0.4, -0.2) is 37.7 Å². The molecule has 0 unspecified atom stereocenters. The summed E-state index contributed by atoms with van der Waals surface area (Å²) in [5.41, 5.74) is 3.47. The smallest absolute Gasteiger partial charge is 0.341 e. The Bertz CT molecular complexity index is 1430. The molecule has 34 heavy (non-hydrogen) atoms. The van der Waals surface area contributed by atoms with Crippen molar-refractivity contribution in [3.63, 3.8) is 0 Å². The number of rotatable bonds is 3. The minimum Gasteiger partial charge on any atom is -0.492 e. The Kier molecular flexibility index (Phi) is 4.24. The first-order chi connectivity index (χ1) is 16.2. The molecule has 5 heterocycles. The Morgan fingerprint density at radius 2 is 2.09 bits per heavy atom. The van der Waals surface area contributed by atoms with Crippen molar-refractivity contribution in [1.29, 1.82) is 0 Å². The van der Waals surface area contributed by atoms with Crippen molar-refractivity contribution in [2.24, 2.45) is 0 Å². The Labute approximate surface area is 193 Å². The normalized spacial score (nSPS) is 19.4. The number of hydrogen-bond acceptors (Lipinski definition) is 5. The van der Waals surface area contributed by atoms with E-state index in [-0.39, 0.29) is 17.1 Å². The Hall–Kier alpha value is -3.69. The first kappa shape index (κ1) is 20.9. The molecule has 1 atom stereocenters. The van der Waals surface area contributed by atoms with Gasteiger partial charge in [0.25, 0.3) is 0 Å². The SMILES string of the molecule is CC1(C)CC[C@@H]2c3cc(-c4cnn(C(F)F)c4)c4c(c3-c3cc(=O)c(C(=O)O)cn3N21)CCO4. The molecule has 0 saturated carbocycles. The van der Waals surface area contributed by atoms with Crippen LogP contribution in [-0.2, 0) is 6.42 Å². The average Bonchev–Trinajstić information content (AvgIpc) is 3.51. The van der Waals surface area contributed by atoms with Crippen LogP contribution < -0.4 is 15.2 Å². The summed E-state index contributed by atoms with van der Waals surface area (Å²) in [6.07, 6.45) is 6.42. The van der Waals surface area contributed by atoms with Crippen molar-refractivity contribution in [3.05, 3.63) is 57.6 Å². The van der Waals surface area contributed by atoms with E-state index in [0.29, 0.717) is 40.3 Å². The zero-order valence-electron chi connectivity index (χ0n) is 18.6. The third-order valence-corrected chi connectivity index (χ3v) is 7.17. The summed E-state index contributed by atoms with van der Waals surface area (Å²) in [7, 11) is 0. The maximum Gasteiger partial charge on any atom is 0.341 e. The van der Waals surface area contributed by atoms with Gasteiger partial charge < -0.3 is 9.84 Å². The molecule has 3 aliphatic rings. The molecule has 2 aromatic heterocycles. The Morgan fingerprint density at radius 1 is 1.29 bits per heavy atom. The molecule has 0 amide bonds. The van der Waals surface area contributed by atoms with Gasteiger partial charge in [0.15, 0.2) is 5.43 Å². The van der Waals surface area contributed by atoms with E-state index in [0.717, 1.165) is 29.5 Å². The van der Waals surface area contributed by atoms with Gasteiger partial charge in [0, 0.05) is 47.1 Å². The summed E-state index contributed by atoms with van der Waals surface area (Å²) in [5, 5.41) is 15.5. The van der Waals surface area contributed by atoms with Gasteiger partial charge in [0.1, 0.15) is 11.3 Å². The molecule has 0 spiro atoms. The van der Waals surface area contributed by atoms with Crippen LogP contribution >= 0.6 is 0 Å². The minimum absolute atomic E-state index is 0.0727. The fourth-order valence-electron chi connectivity index (χ4n) is 5.69. The van der Waals surface area contributed by atoms with Crippen molar-refractivity contribution in [1.82, 2.24) is 14.5 Å². The van der Waals surface area contributed by atoms with Crippen molar-refractivity contribution in [3.8, 4) is 28.1 Å². The number of aromatic nitrogens is 3. The summed E-state index contributed by atoms with van der Waals surface area (Å²) in [6, 6.07) is 3.28. The van der Waals surface area contributed by atoms with Gasteiger partial charge in [-0.3, -0.25) is 14.5 Å². The topological polar surface area (TPSA) is 89.6 Å². The predicted molar refractivity (Wildman–Crippen MR) is 119 cm³/mol. The van der Waals surface area contributed by atoms with Gasteiger partial charge in [-0.15, -0.1) is 0 Å². The maximum absolute atomic E-state index is 13.2. The number of alkyl halides is 2. The van der Waals surface area contributed by atoms with E-state index >= 15 is 0 Å². The second kappa shape index (κ2) is 6.91. The molecular formula is C24H22F2N4O4. The van der Waals surface area contributed by atoms with E-state index < -0.39 is 17.9 Å². The number of hydrogen-bond donors (Lipinski definition) is 1. The average molecular weight is 468 g/mol. The van der Waals surface area contributed by atoms with E-state index in [9.17, 15) is 23.5 Å². The van der Waals surface area contributed by atoms with Crippen molar-refractivity contribution in [2.75, 3.05) is 11.6 Å². The quantitative estimate of drug-likeness (QED) is 0.626. The third kappa shape index (κ3) is 2.77. The Morgan fingerprint density at radius 3 is 2.79 bits per heavy atom. The lowest BCUT2D eigenvalue weighted by Crippen LogP contribution is -2.50. The molecule has 1 N–H and O–H groups in total. The maximum atomic E-state index is 13.2. The van der Waals surface area contributed by atoms with Crippen LogP contribution in [0.1, 0.15) is 60.8 Å². The van der Waals surface area contributed by atoms with E-state index in [1.807, 2.05) is 10.7 Å². The minimum atomic E-state index is -2.74. The van der Waals surface area contributed by atoms with E-state index in [1.165, 1.54) is 24.7 Å². The number of nitrogens with zero attached hydrogens (tertiary/aromatic N) is 4. The summed E-state index contributed by atoms with van der Waals surface area (Å²) in [6.45, 7) is 1.86. The molecule has 1 saturated heterocycles. The van der Waals surface area contributed by atoms with Crippen LogP contribution in [0.25, 0.3) is 22.4 Å². The third-order valence-electron chi connectivity index (χ3n) is 7.17. The highest BCUT2D eigenvalue weighted by atomic mass is 19.3. The van der Waals surface area contributed by atoms with Crippen LogP contribution in [0, 0.1) is 0 Å². The molecule has 0 radical (unpaired) electrons. The molecule has 10 heteroatoms. The molecule has 176 valence electrons. The second-order valence-electron chi connectivity index (χ2n) is 9.58. The first-order valence-electron chi connectivity index (χ1n) is 11.1. The molecule has 0 bridgehead atoms.